The second kappa shape index (κ2) is 6.95. The van der Waals surface area contributed by atoms with E-state index in [2.05, 4.69) is 10.3 Å². The first-order chi connectivity index (χ1) is 13.4. The lowest BCUT2D eigenvalue weighted by atomic mass is 9.86. The van der Waals surface area contributed by atoms with E-state index in [4.69, 9.17) is 5.11 Å². The van der Waals surface area contributed by atoms with Crippen molar-refractivity contribution in [1.29, 1.82) is 0 Å². The molecule has 0 radical (unpaired) electrons. The van der Waals surface area contributed by atoms with E-state index in [1.807, 2.05) is 0 Å². The van der Waals surface area contributed by atoms with E-state index in [9.17, 15) is 19.5 Å². The molecule has 2 heterocycles. The molecule has 1 aliphatic carbocycles. The van der Waals surface area contributed by atoms with Gasteiger partial charge in [-0.25, -0.2) is 4.98 Å². The Balaban J connectivity index is 1.66. The number of fused-ring (bicyclic) bond motifs is 2. The topological polar surface area (TPSA) is 121 Å². The number of benzene rings is 1. The average molecular weight is 381 g/mol. The number of phenolic OH excluding ortho intramolecular Hbond substituents is 1. The molecule has 0 spiro atoms. The molecule has 2 aromatic heterocycles. The summed E-state index contributed by atoms with van der Waals surface area (Å²) in [5.41, 5.74) is 0.537. The molecular formula is C20H19N3O5. The van der Waals surface area contributed by atoms with Crippen molar-refractivity contribution in [3.8, 4) is 5.75 Å². The van der Waals surface area contributed by atoms with Crippen LogP contribution >= 0.6 is 0 Å². The van der Waals surface area contributed by atoms with Gasteiger partial charge in [0.2, 0.25) is 0 Å². The van der Waals surface area contributed by atoms with Gasteiger partial charge in [-0.05, 0) is 56.0 Å². The van der Waals surface area contributed by atoms with Crippen molar-refractivity contribution in [1.82, 2.24) is 14.7 Å². The Bertz CT molecular complexity index is 1150. The van der Waals surface area contributed by atoms with Crippen LogP contribution in [0.5, 0.6) is 5.75 Å². The zero-order chi connectivity index (χ0) is 19.8. The molecule has 144 valence electrons. The van der Waals surface area contributed by atoms with E-state index in [0.29, 0.717) is 31.2 Å². The van der Waals surface area contributed by atoms with Crippen molar-refractivity contribution in [3.63, 3.8) is 0 Å². The Kier molecular flexibility index (Phi) is 4.46. The van der Waals surface area contributed by atoms with Gasteiger partial charge < -0.3 is 15.5 Å². The van der Waals surface area contributed by atoms with E-state index in [1.165, 1.54) is 28.8 Å². The minimum Gasteiger partial charge on any atom is -0.508 e. The van der Waals surface area contributed by atoms with Gasteiger partial charge in [-0.1, -0.05) is 0 Å². The summed E-state index contributed by atoms with van der Waals surface area (Å²) in [6.07, 6.45) is 3.79. The number of hydrogen-bond donors (Lipinski definition) is 3. The van der Waals surface area contributed by atoms with Gasteiger partial charge in [-0.15, -0.1) is 0 Å². The second-order valence-corrected chi connectivity index (χ2v) is 7.09. The van der Waals surface area contributed by atoms with Crippen LogP contribution in [0, 0.1) is 5.92 Å². The third-order valence-corrected chi connectivity index (χ3v) is 5.28. The molecule has 4 rings (SSSR count). The fourth-order valence-corrected chi connectivity index (χ4v) is 3.74. The molecule has 28 heavy (non-hydrogen) atoms. The van der Waals surface area contributed by atoms with Crippen LogP contribution in [0.3, 0.4) is 0 Å². The van der Waals surface area contributed by atoms with Gasteiger partial charge in [-0.3, -0.25) is 18.8 Å². The van der Waals surface area contributed by atoms with Gasteiger partial charge in [-0.2, -0.15) is 0 Å². The zero-order valence-electron chi connectivity index (χ0n) is 15.0. The van der Waals surface area contributed by atoms with Crippen LogP contribution in [0.15, 0.2) is 41.3 Å². The Morgan fingerprint density at radius 3 is 2.61 bits per heavy atom. The molecule has 0 bridgehead atoms. The fraction of sp³-hybridized carbons (Fsp3) is 0.300. The molecule has 0 unspecified atom stereocenters. The Morgan fingerprint density at radius 2 is 1.89 bits per heavy atom. The molecular weight excluding hydrogens is 362 g/mol. The molecule has 1 saturated carbocycles. The summed E-state index contributed by atoms with van der Waals surface area (Å²) in [6.45, 7) is 0. The van der Waals surface area contributed by atoms with Crippen LogP contribution in [0.2, 0.25) is 0 Å². The van der Waals surface area contributed by atoms with Crippen molar-refractivity contribution in [3.05, 3.63) is 52.4 Å². The molecule has 0 saturated heterocycles. The number of amides is 1. The normalized spacial score (nSPS) is 19.6. The minimum absolute atomic E-state index is 0.0304. The molecule has 0 atom stereocenters. The lowest BCUT2D eigenvalue weighted by Gasteiger charge is -2.26. The van der Waals surface area contributed by atoms with E-state index in [-0.39, 0.29) is 45.8 Å². The SMILES string of the molecule is O=C(NC1CCC(C(=O)O)CC1)c1cccn2c(=O)c3cc(O)ccc3nc12. The Hall–Kier alpha value is -3.42. The monoisotopic (exact) mass is 381 g/mol. The van der Waals surface area contributed by atoms with Gasteiger partial charge in [0, 0.05) is 12.2 Å². The summed E-state index contributed by atoms with van der Waals surface area (Å²) in [7, 11) is 0. The number of carboxylic acid groups (broad SMARTS) is 1. The maximum atomic E-state index is 12.8. The molecule has 1 fully saturated rings. The van der Waals surface area contributed by atoms with E-state index >= 15 is 0 Å². The smallest absolute Gasteiger partial charge is 0.306 e. The van der Waals surface area contributed by atoms with E-state index < -0.39 is 5.97 Å². The standard InChI is InChI=1S/C20H19N3O5/c24-13-7-8-16-15(10-13)19(26)23-9-1-2-14(17(23)22-16)18(25)21-12-5-3-11(4-6-12)20(27)28/h1-2,7-12,24H,3-6H2,(H,21,25)(H,27,28). The number of nitrogens with zero attached hydrogens (tertiary/aromatic N) is 2. The number of rotatable bonds is 3. The van der Waals surface area contributed by atoms with Gasteiger partial charge in [0.05, 0.1) is 22.4 Å². The van der Waals surface area contributed by atoms with Crippen LogP contribution in [0.4, 0.5) is 0 Å². The third-order valence-electron chi connectivity index (χ3n) is 5.28. The maximum Gasteiger partial charge on any atom is 0.306 e. The lowest BCUT2D eigenvalue weighted by Crippen LogP contribution is -2.39. The zero-order valence-corrected chi connectivity index (χ0v) is 15.0. The molecule has 1 aliphatic rings. The van der Waals surface area contributed by atoms with Crippen LogP contribution in [-0.2, 0) is 4.79 Å². The second-order valence-electron chi connectivity index (χ2n) is 7.09. The largest absolute Gasteiger partial charge is 0.508 e. The maximum absolute atomic E-state index is 12.8. The number of pyridine rings is 1. The Labute approximate surface area is 159 Å². The summed E-state index contributed by atoms with van der Waals surface area (Å²) in [6, 6.07) is 7.42. The van der Waals surface area contributed by atoms with Gasteiger partial charge in [0.15, 0.2) is 5.65 Å². The molecule has 0 aliphatic heterocycles. The van der Waals surface area contributed by atoms with Crippen molar-refractivity contribution in [2.45, 2.75) is 31.7 Å². The Morgan fingerprint density at radius 1 is 1.14 bits per heavy atom. The molecule has 3 aromatic rings. The summed E-state index contributed by atoms with van der Waals surface area (Å²) < 4.78 is 1.29. The molecule has 8 nitrogen and oxygen atoms in total. The number of nitrogens with one attached hydrogen (secondary N) is 1. The van der Waals surface area contributed by atoms with Gasteiger partial charge in [0.25, 0.3) is 11.5 Å². The molecule has 1 aromatic carbocycles. The summed E-state index contributed by atoms with van der Waals surface area (Å²) in [5.74, 6) is -1.52. The first kappa shape index (κ1) is 18.0. The summed E-state index contributed by atoms with van der Waals surface area (Å²) in [4.78, 5) is 41.1. The highest BCUT2D eigenvalue weighted by Gasteiger charge is 2.27. The first-order valence-corrected chi connectivity index (χ1v) is 9.12. The number of aromatic nitrogens is 2. The van der Waals surface area contributed by atoms with Crippen LogP contribution in [0.1, 0.15) is 36.0 Å². The number of carboxylic acids is 1. The van der Waals surface area contributed by atoms with Crippen LogP contribution in [-0.4, -0.2) is 37.5 Å². The van der Waals surface area contributed by atoms with Gasteiger partial charge >= 0.3 is 5.97 Å². The highest BCUT2D eigenvalue weighted by Crippen LogP contribution is 2.25. The number of aliphatic carboxylic acids is 1. The van der Waals surface area contributed by atoms with Crippen molar-refractivity contribution < 1.29 is 19.8 Å². The van der Waals surface area contributed by atoms with E-state index in [1.54, 1.807) is 12.1 Å². The quantitative estimate of drug-likeness (QED) is 0.596. The molecule has 3 N–H and O–H groups in total. The summed E-state index contributed by atoms with van der Waals surface area (Å²) >= 11 is 0. The highest BCUT2D eigenvalue weighted by molar-refractivity contribution is 6.00. The lowest BCUT2D eigenvalue weighted by molar-refractivity contribution is -0.142. The van der Waals surface area contributed by atoms with Crippen LogP contribution < -0.4 is 10.9 Å². The fourth-order valence-electron chi connectivity index (χ4n) is 3.74. The minimum atomic E-state index is -0.791. The van der Waals surface area contributed by atoms with Gasteiger partial charge in [0.1, 0.15) is 5.75 Å². The number of phenols is 1. The highest BCUT2D eigenvalue weighted by atomic mass is 16.4. The molecule has 1 amide bonds. The van der Waals surface area contributed by atoms with Crippen molar-refractivity contribution in [2.24, 2.45) is 5.92 Å². The summed E-state index contributed by atoms with van der Waals surface area (Å²) in [5, 5.41) is 21.9. The first-order valence-electron chi connectivity index (χ1n) is 9.12. The van der Waals surface area contributed by atoms with Crippen LogP contribution in [0.25, 0.3) is 16.6 Å². The predicted molar refractivity (Wildman–Crippen MR) is 101 cm³/mol. The number of carbonyl (C=O) groups excluding carboxylic acids is 1. The van der Waals surface area contributed by atoms with E-state index in [0.717, 1.165) is 0 Å². The van der Waals surface area contributed by atoms with Crippen molar-refractivity contribution in [2.75, 3.05) is 0 Å². The van der Waals surface area contributed by atoms with Crippen molar-refractivity contribution >= 4 is 28.4 Å². The third kappa shape index (κ3) is 3.17. The average Bonchev–Trinajstić information content (AvgIpc) is 2.69. The number of hydrogen-bond acceptors (Lipinski definition) is 5. The number of carbonyl (C=O) groups is 2. The number of aromatic hydroxyl groups is 1. The predicted octanol–water partition coefficient (Wildman–Crippen LogP) is 1.93. The molecule has 8 heteroatoms.